The van der Waals surface area contributed by atoms with E-state index in [0.29, 0.717) is 19.6 Å². The van der Waals surface area contributed by atoms with E-state index in [0.717, 1.165) is 11.3 Å². The molecule has 0 aliphatic carbocycles. The van der Waals surface area contributed by atoms with Crippen molar-refractivity contribution in [3.63, 3.8) is 0 Å². The van der Waals surface area contributed by atoms with Gasteiger partial charge in [-0.15, -0.1) is 12.4 Å². The van der Waals surface area contributed by atoms with Crippen molar-refractivity contribution in [2.45, 2.75) is 26.3 Å². The Hall–Kier alpha value is -1.26. The maximum absolute atomic E-state index is 11.0. The van der Waals surface area contributed by atoms with Crippen molar-refractivity contribution >= 4 is 18.4 Å². The zero-order valence-electron chi connectivity index (χ0n) is 11.6. The van der Waals surface area contributed by atoms with Crippen LogP contribution in [-0.4, -0.2) is 42.2 Å². The first kappa shape index (κ1) is 17.7. The molecule has 1 unspecified atom stereocenters. The van der Waals surface area contributed by atoms with Crippen LogP contribution in [0.25, 0.3) is 0 Å². The van der Waals surface area contributed by atoms with Gasteiger partial charge in [0, 0.05) is 6.54 Å². The minimum absolute atomic E-state index is 0. The summed E-state index contributed by atoms with van der Waals surface area (Å²) in [7, 11) is 1.81. The summed E-state index contributed by atoms with van der Waals surface area (Å²) in [5.74, 6) is 0.0438. The molecule has 1 aromatic rings. The van der Waals surface area contributed by atoms with Crippen LogP contribution in [0.5, 0.6) is 5.75 Å². The van der Waals surface area contributed by atoms with Crippen LogP contribution in [0, 0.1) is 6.92 Å². The molecule has 0 bridgehead atoms. The predicted octanol–water partition coefficient (Wildman–Crippen LogP) is 2.59. The lowest BCUT2D eigenvalue weighted by Gasteiger charge is -2.23. The van der Waals surface area contributed by atoms with E-state index < -0.39 is 12.0 Å². The largest absolute Gasteiger partial charge is 0.492 e. The van der Waals surface area contributed by atoms with Gasteiger partial charge in [-0.3, -0.25) is 9.69 Å². The second-order valence-corrected chi connectivity index (χ2v) is 4.41. The number of carboxylic acids is 1. The third kappa shape index (κ3) is 5.94. The van der Waals surface area contributed by atoms with Crippen LogP contribution >= 0.6 is 12.4 Å². The zero-order chi connectivity index (χ0) is 13.5. The molecule has 0 amide bonds. The Morgan fingerprint density at radius 1 is 1.47 bits per heavy atom. The van der Waals surface area contributed by atoms with Crippen molar-refractivity contribution in [3.8, 4) is 5.75 Å². The lowest BCUT2D eigenvalue weighted by atomic mass is 10.2. The van der Waals surface area contributed by atoms with Gasteiger partial charge >= 0.3 is 5.97 Å². The van der Waals surface area contributed by atoms with Gasteiger partial charge in [0.25, 0.3) is 0 Å². The zero-order valence-corrected chi connectivity index (χ0v) is 12.4. The molecule has 1 rings (SSSR count). The Kier molecular flexibility index (Phi) is 8.19. The molecule has 0 fully saturated rings. The Morgan fingerprint density at radius 2 is 2.16 bits per heavy atom. The molecule has 0 aromatic heterocycles. The van der Waals surface area contributed by atoms with Gasteiger partial charge in [-0.05, 0) is 38.1 Å². The second-order valence-electron chi connectivity index (χ2n) is 4.41. The molecule has 0 spiro atoms. The maximum atomic E-state index is 11.0. The standard InChI is InChI=1S/C14H21NO3.ClH/c1-4-13(14(16)17)15(3)8-9-18-12-7-5-6-11(2)10-12;/h5-7,10,13H,4,8-9H2,1-3H3,(H,16,17);1H. The highest BCUT2D eigenvalue weighted by molar-refractivity contribution is 5.85. The number of carboxylic acid groups (broad SMARTS) is 1. The minimum atomic E-state index is -0.782. The van der Waals surface area contributed by atoms with Crippen molar-refractivity contribution < 1.29 is 14.6 Å². The van der Waals surface area contributed by atoms with E-state index >= 15 is 0 Å². The number of ether oxygens (including phenoxy) is 1. The molecule has 19 heavy (non-hydrogen) atoms. The lowest BCUT2D eigenvalue weighted by Crippen LogP contribution is -2.40. The number of aliphatic carboxylic acids is 1. The topological polar surface area (TPSA) is 49.8 Å². The van der Waals surface area contributed by atoms with E-state index in [1.165, 1.54) is 0 Å². The molecule has 1 aromatic carbocycles. The third-order valence-corrected chi connectivity index (χ3v) is 2.91. The van der Waals surface area contributed by atoms with Crippen LogP contribution in [0.1, 0.15) is 18.9 Å². The summed E-state index contributed by atoms with van der Waals surface area (Å²) < 4.78 is 5.60. The van der Waals surface area contributed by atoms with E-state index in [2.05, 4.69) is 0 Å². The molecule has 4 nitrogen and oxygen atoms in total. The fraction of sp³-hybridized carbons (Fsp3) is 0.500. The van der Waals surface area contributed by atoms with E-state index in [4.69, 9.17) is 9.84 Å². The average Bonchev–Trinajstić information content (AvgIpc) is 2.29. The van der Waals surface area contributed by atoms with Crippen LogP contribution in [0.3, 0.4) is 0 Å². The van der Waals surface area contributed by atoms with Crippen molar-refractivity contribution in [3.05, 3.63) is 29.8 Å². The fourth-order valence-electron chi connectivity index (χ4n) is 1.84. The highest BCUT2D eigenvalue weighted by atomic mass is 35.5. The van der Waals surface area contributed by atoms with Gasteiger partial charge in [-0.1, -0.05) is 19.1 Å². The van der Waals surface area contributed by atoms with Crippen LogP contribution in [0.2, 0.25) is 0 Å². The number of likely N-dealkylation sites (N-methyl/N-ethyl adjacent to an activating group) is 1. The second kappa shape index (κ2) is 8.77. The SMILES string of the molecule is CCC(C(=O)O)N(C)CCOc1cccc(C)c1.Cl. The van der Waals surface area contributed by atoms with Gasteiger partial charge < -0.3 is 9.84 Å². The van der Waals surface area contributed by atoms with Crippen LogP contribution in [-0.2, 0) is 4.79 Å². The highest BCUT2D eigenvalue weighted by Crippen LogP contribution is 2.12. The van der Waals surface area contributed by atoms with Crippen molar-refractivity contribution in [1.82, 2.24) is 4.90 Å². The number of nitrogens with zero attached hydrogens (tertiary/aromatic N) is 1. The van der Waals surface area contributed by atoms with E-state index in [1.54, 1.807) is 4.90 Å². The van der Waals surface area contributed by atoms with Crippen molar-refractivity contribution in [2.75, 3.05) is 20.2 Å². The van der Waals surface area contributed by atoms with Gasteiger partial charge in [0.2, 0.25) is 0 Å². The summed E-state index contributed by atoms with van der Waals surface area (Å²) in [4.78, 5) is 12.8. The number of rotatable bonds is 7. The normalized spacial score (nSPS) is 11.8. The average molecular weight is 288 g/mol. The molecule has 5 heteroatoms. The van der Waals surface area contributed by atoms with Crippen molar-refractivity contribution in [2.24, 2.45) is 0 Å². The molecule has 0 saturated heterocycles. The smallest absolute Gasteiger partial charge is 0.320 e. The molecule has 0 heterocycles. The Balaban J connectivity index is 0.00000324. The molecule has 108 valence electrons. The first-order valence-electron chi connectivity index (χ1n) is 6.17. The molecular formula is C14H22ClNO3. The van der Waals surface area contributed by atoms with Gasteiger partial charge in [0.15, 0.2) is 0 Å². The number of halogens is 1. The summed E-state index contributed by atoms with van der Waals surface area (Å²) in [5, 5.41) is 9.01. The number of carbonyl (C=O) groups is 1. The van der Waals surface area contributed by atoms with E-state index in [1.807, 2.05) is 45.2 Å². The summed E-state index contributed by atoms with van der Waals surface area (Å²) >= 11 is 0. The summed E-state index contributed by atoms with van der Waals surface area (Å²) in [6.45, 7) is 4.97. The van der Waals surface area contributed by atoms with Crippen LogP contribution in [0.4, 0.5) is 0 Å². The minimum Gasteiger partial charge on any atom is -0.492 e. The number of aryl methyl sites for hydroxylation is 1. The Morgan fingerprint density at radius 3 is 2.68 bits per heavy atom. The molecule has 0 saturated carbocycles. The first-order chi connectivity index (χ1) is 8.54. The molecule has 0 aliphatic rings. The molecule has 0 aliphatic heterocycles. The molecular weight excluding hydrogens is 266 g/mol. The van der Waals surface area contributed by atoms with Gasteiger partial charge in [-0.2, -0.15) is 0 Å². The summed E-state index contributed by atoms with van der Waals surface area (Å²) in [6, 6.07) is 7.39. The Labute approximate surface area is 120 Å². The lowest BCUT2D eigenvalue weighted by molar-refractivity contribution is -0.143. The quantitative estimate of drug-likeness (QED) is 0.837. The summed E-state index contributed by atoms with van der Waals surface area (Å²) in [5.41, 5.74) is 1.15. The number of hydrogen-bond donors (Lipinski definition) is 1. The monoisotopic (exact) mass is 287 g/mol. The number of hydrogen-bond acceptors (Lipinski definition) is 3. The van der Waals surface area contributed by atoms with Gasteiger partial charge in [-0.25, -0.2) is 0 Å². The van der Waals surface area contributed by atoms with Gasteiger partial charge in [0.05, 0.1) is 0 Å². The molecule has 0 radical (unpaired) electrons. The predicted molar refractivity (Wildman–Crippen MR) is 78.3 cm³/mol. The van der Waals surface area contributed by atoms with Gasteiger partial charge in [0.1, 0.15) is 18.4 Å². The third-order valence-electron chi connectivity index (χ3n) is 2.91. The van der Waals surface area contributed by atoms with E-state index in [-0.39, 0.29) is 12.4 Å². The number of benzene rings is 1. The van der Waals surface area contributed by atoms with E-state index in [9.17, 15) is 4.79 Å². The first-order valence-corrected chi connectivity index (χ1v) is 6.17. The van der Waals surface area contributed by atoms with Crippen LogP contribution < -0.4 is 4.74 Å². The Bertz CT molecular complexity index is 398. The maximum Gasteiger partial charge on any atom is 0.320 e. The van der Waals surface area contributed by atoms with Crippen LogP contribution in [0.15, 0.2) is 24.3 Å². The molecule has 1 N–H and O–H groups in total. The molecule has 1 atom stereocenters. The summed E-state index contributed by atoms with van der Waals surface area (Å²) in [6.07, 6.45) is 0.594. The highest BCUT2D eigenvalue weighted by Gasteiger charge is 2.19. The van der Waals surface area contributed by atoms with Crippen molar-refractivity contribution in [1.29, 1.82) is 0 Å². The fourth-order valence-corrected chi connectivity index (χ4v) is 1.84.